The van der Waals surface area contributed by atoms with E-state index in [4.69, 9.17) is 11.6 Å². The second-order valence-corrected chi connectivity index (χ2v) is 2.39. The van der Waals surface area contributed by atoms with E-state index >= 15 is 0 Å². The molecular formula is C6H4ClN3. The van der Waals surface area contributed by atoms with Crippen molar-refractivity contribution in [2.75, 3.05) is 0 Å². The van der Waals surface area contributed by atoms with E-state index in [1.807, 2.05) is 0 Å². The third kappa shape index (κ3) is 0.752. The summed E-state index contributed by atoms with van der Waals surface area (Å²) in [5.74, 6) is 0. The lowest BCUT2D eigenvalue weighted by Crippen LogP contribution is -1.72. The van der Waals surface area contributed by atoms with Crippen molar-refractivity contribution in [2.24, 2.45) is 0 Å². The number of rotatable bonds is 0. The molecule has 2 heterocycles. The van der Waals surface area contributed by atoms with Crippen LogP contribution in [0.25, 0.3) is 11.0 Å². The number of aromatic nitrogens is 3. The predicted octanol–water partition coefficient (Wildman–Crippen LogP) is 1.61. The molecule has 50 valence electrons. The smallest absolute Gasteiger partial charge is 0.108 e. The molecule has 0 atom stereocenters. The van der Waals surface area contributed by atoms with Crippen molar-refractivity contribution in [3.63, 3.8) is 0 Å². The zero-order valence-corrected chi connectivity index (χ0v) is 5.76. The first kappa shape index (κ1) is 5.68. The Labute approximate surface area is 62.0 Å². The first-order valence-corrected chi connectivity index (χ1v) is 3.19. The van der Waals surface area contributed by atoms with Crippen LogP contribution in [0, 0.1) is 0 Å². The Balaban J connectivity index is 2.86. The van der Waals surface area contributed by atoms with Gasteiger partial charge in [0.2, 0.25) is 0 Å². The van der Waals surface area contributed by atoms with Crippen LogP contribution >= 0.6 is 11.6 Å². The molecule has 0 radical (unpaired) electrons. The largest absolute Gasteiger partial charge is 0.276 e. The molecule has 0 saturated heterocycles. The van der Waals surface area contributed by atoms with Gasteiger partial charge in [0.05, 0.1) is 16.7 Å². The summed E-state index contributed by atoms with van der Waals surface area (Å²) in [5.41, 5.74) is 1.71. The molecule has 0 unspecified atom stereocenters. The Morgan fingerprint density at radius 2 is 2.30 bits per heavy atom. The molecule has 1 N–H and O–H groups in total. The van der Waals surface area contributed by atoms with Crippen molar-refractivity contribution in [1.29, 1.82) is 0 Å². The molecule has 2 aromatic heterocycles. The van der Waals surface area contributed by atoms with Crippen molar-refractivity contribution in [3.8, 4) is 0 Å². The molecule has 0 aliphatic heterocycles. The van der Waals surface area contributed by atoms with Gasteiger partial charge in [0.15, 0.2) is 0 Å². The van der Waals surface area contributed by atoms with Crippen molar-refractivity contribution < 1.29 is 0 Å². The van der Waals surface area contributed by atoms with Crippen molar-refractivity contribution in [3.05, 3.63) is 23.5 Å². The Morgan fingerprint density at radius 1 is 1.40 bits per heavy atom. The Morgan fingerprint density at radius 3 is 3.20 bits per heavy atom. The average Bonchev–Trinajstić information content (AvgIpc) is 2.33. The third-order valence-corrected chi connectivity index (χ3v) is 1.46. The summed E-state index contributed by atoms with van der Waals surface area (Å²) in [5, 5.41) is 7.18. The number of fused-ring (bicyclic) bond motifs is 1. The second kappa shape index (κ2) is 1.95. The van der Waals surface area contributed by atoms with E-state index in [1.165, 1.54) is 0 Å². The minimum absolute atomic E-state index is 0.622. The van der Waals surface area contributed by atoms with E-state index in [0.29, 0.717) is 5.02 Å². The van der Waals surface area contributed by atoms with Crippen LogP contribution < -0.4 is 0 Å². The normalized spacial score (nSPS) is 10.5. The summed E-state index contributed by atoms with van der Waals surface area (Å²) in [7, 11) is 0. The maximum Gasteiger partial charge on any atom is 0.108 e. The Bertz CT molecular complexity index is 355. The van der Waals surface area contributed by atoms with Gasteiger partial charge in [0, 0.05) is 6.20 Å². The monoisotopic (exact) mass is 153 g/mol. The van der Waals surface area contributed by atoms with Gasteiger partial charge in [0.25, 0.3) is 0 Å². The van der Waals surface area contributed by atoms with Gasteiger partial charge in [-0.25, -0.2) is 0 Å². The summed E-state index contributed by atoms with van der Waals surface area (Å²) in [6, 6.07) is 1.79. The van der Waals surface area contributed by atoms with Gasteiger partial charge in [-0.05, 0) is 6.07 Å². The SMILES string of the molecule is Clc1cnc2cn[nH]c2c1. The summed E-state index contributed by atoms with van der Waals surface area (Å²) in [6.07, 6.45) is 3.26. The maximum atomic E-state index is 5.67. The van der Waals surface area contributed by atoms with E-state index in [0.717, 1.165) is 11.0 Å². The number of hydrogen-bond acceptors (Lipinski definition) is 2. The fourth-order valence-electron chi connectivity index (χ4n) is 0.805. The zero-order chi connectivity index (χ0) is 6.97. The zero-order valence-electron chi connectivity index (χ0n) is 5.00. The Kier molecular flexibility index (Phi) is 1.11. The molecule has 0 amide bonds. The highest BCUT2D eigenvalue weighted by atomic mass is 35.5. The summed E-state index contributed by atoms with van der Waals surface area (Å²) in [4.78, 5) is 4.02. The molecule has 0 aromatic carbocycles. The predicted molar refractivity (Wildman–Crippen MR) is 38.9 cm³/mol. The van der Waals surface area contributed by atoms with Gasteiger partial charge in [-0.3, -0.25) is 10.1 Å². The number of aromatic amines is 1. The lowest BCUT2D eigenvalue weighted by Gasteiger charge is -1.86. The quantitative estimate of drug-likeness (QED) is 0.625. The highest BCUT2D eigenvalue weighted by Gasteiger charge is 1.95. The van der Waals surface area contributed by atoms with Crippen LogP contribution in [0.2, 0.25) is 5.02 Å². The van der Waals surface area contributed by atoms with Gasteiger partial charge in [-0.2, -0.15) is 5.10 Å². The van der Waals surface area contributed by atoms with Gasteiger partial charge < -0.3 is 0 Å². The molecular weight excluding hydrogens is 150 g/mol. The van der Waals surface area contributed by atoms with Gasteiger partial charge >= 0.3 is 0 Å². The molecule has 0 saturated carbocycles. The molecule has 0 fully saturated rings. The topological polar surface area (TPSA) is 41.6 Å². The average molecular weight is 154 g/mol. The molecule has 2 aromatic rings. The molecule has 0 spiro atoms. The third-order valence-electron chi connectivity index (χ3n) is 1.26. The lowest BCUT2D eigenvalue weighted by atomic mass is 10.4. The number of hydrogen-bond donors (Lipinski definition) is 1. The molecule has 0 bridgehead atoms. The lowest BCUT2D eigenvalue weighted by molar-refractivity contribution is 1.12. The summed E-state index contributed by atoms with van der Waals surface area (Å²) in [6.45, 7) is 0. The molecule has 10 heavy (non-hydrogen) atoms. The first-order chi connectivity index (χ1) is 4.86. The summed E-state index contributed by atoms with van der Waals surface area (Å²) >= 11 is 5.67. The van der Waals surface area contributed by atoms with Crippen LogP contribution in [0.15, 0.2) is 18.5 Å². The fraction of sp³-hybridized carbons (Fsp3) is 0. The van der Waals surface area contributed by atoms with E-state index in [2.05, 4.69) is 15.2 Å². The number of nitrogens with zero attached hydrogens (tertiary/aromatic N) is 2. The maximum absolute atomic E-state index is 5.67. The minimum Gasteiger partial charge on any atom is -0.276 e. The molecule has 0 aliphatic rings. The summed E-state index contributed by atoms with van der Waals surface area (Å²) < 4.78 is 0. The minimum atomic E-state index is 0.622. The van der Waals surface area contributed by atoms with Gasteiger partial charge in [0.1, 0.15) is 5.52 Å². The molecule has 4 heteroatoms. The van der Waals surface area contributed by atoms with Gasteiger partial charge in [-0.1, -0.05) is 11.6 Å². The molecule has 3 nitrogen and oxygen atoms in total. The van der Waals surface area contributed by atoms with Crippen LogP contribution in [0.3, 0.4) is 0 Å². The second-order valence-electron chi connectivity index (χ2n) is 1.96. The number of pyridine rings is 1. The first-order valence-electron chi connectivity index (χ1n) is 2.81. The highest BCUT2D eigenvalue weighted by molar-refractivity contribution is 6.31. The van der Waals surface area contributed by atoms with Crippen molar-refractivity contribution in [1.82, 2.24) is 15.2 Å². The van der Waals surface area contributed by atoms with Crippen LogP contribution in [0.1, 0.15) is 0 Å². The highest BCUT2D eigenvalue weighted by Crippen LogP contribution is 2.12. The number of nitrogens with one attached hydrogen (secondary N) is 1. The molecule has 0 aliphatic carbocycles. The van der Waals surface area contributed by atoms with Crippen molar-refractivity contribution >= 4 is 22.6 Å². The van der Waals surface area contributed by atoms with Crippen LogP contribution in [-0.4, -0.2) is 15.2 Å². The Hall–Kier alpha value is -1.09. The fourth-order valence-corrected chi connectivity index (χ4v) is 0.963. The van der Waals surface area contributed by atoms with Crippen LogP contribution in [0.4, 0.5) is 0 Å². The van der Waals surface area contributed by atoms with E-state index in [9.17, 15) is 0 Å². The molecule has 2 rings (SSSR count). The standard InChI is InChI=1S/C6H4ClN3/c7-4-1-5-6(8-2-4)3-9-10-5/h1-3H,(H,9,10). The number of halogens is 1. The van der Waals surface area contributed by atoms with E-state index < -0.39 is 0 Å². The van der Waals surface area contributed by atoms with E-state index in [-0.39, 0.29) is 0 Å². The van der Waals surface area contributed by atoms with Gasteiger partial charge in [-0.15, -0.1) is 0 Å². The van der Waals surface area contributed by atoms with Crippen molar-refractivity contribution in [2.45, 2.75) is 0 Å². The van der Waals surface area contributed by atoms with Crippen LogP contribution in [-0.2, 0) is 0 Å². The van der Waals surface area contributed by atoms with E-state index in [1.54, 1.807) is 18.5 Å². The number of H-pyrrole nitrogens is 1. The van der Waals surface area contributed by atoms with Crippen LogP contribution in [0.5, 0.6) is 0 Å².